The molecule has 1 aromatic heterocycles. The minimum absolute atomic E-state index is 0.150. The third-order valence-electron chi connectivity index (χ3n) is 5.43. The molecule has 2 atom stereocenters. The van der Waals surface area contributed by atoms with Crippen LogP contribution >= 0.6 is 0 Å². The molecule has 0 radical (unpaired) electrons. The van der Waals surface area contributed by atoms with E-state index >= 15 is 0 Å². The van der Waals surface area contributed by atoms with Crippen molar-refractivity contribution in [3.05, 3.63) is 42.1 Å². The van der Waals surface area contributed by atoms with Crippen LogP contribution in [0.3, 0.4) is 0 Å². The molecule has 1 aliphatic rings. The first-order valence-corrected chi connectivity index (χ1v) is 11.0. The topological polar surface area (TPSA) is 124 Å². The molecule has 32 heavy (non-hydrogen) atoms. The summed E-state index contributed by atoms with van der Waals surface area (Å²) in [4.78, 5) is 31.8. The summed E-state index contributed by atoms with van der Waals surface area (Å²) < 4.78 is 5.29. The molecule has 0 unspecified atom stereocenters. The molecule has 3 amide bonds. The lowest BCUT2D eigenvalue weighted by Crippen LogP contribution is -2.57. The summed E-state index contributed by atoms with van der Waals surface area (Å²) in [5.41, 5.74) is 1.70. The molecule has 0 bridgehead atoms. The first kappa shape index (κ1) is 24.0. The molecule has 1 saturated heterocycles. The summed E-state index contributed by atoms with van der Waals surface area (Å²) in [6.45, 7) is 5.68. The van der Waals surface area contributed by atoms with Crippen LogP contribution < -0.4 is 10.6 Å². The van der Waals surface area contributed by atoms with Crippen LogP contribution in [0.1, 0.15) is 25.8 Å². The van der Waals surface area contributed by atoms with E-state index in [2.05, 4.69) is 15.6 Å². The van der Waals surface area contributed by atoms with Gasteiger partial charge in [-0.1, -0.05) is 26.0 Å². The maximum absolute atomic E-state index is 13.1. The molecule has 1 fully saturated rings. The number of carbonyl (C=O) groups excluding carboxylic acids is 2. The molecule has 0 saturated carbocycles. The highest BCUT2D eigenvalue weighted by molar-refractivity contribution is 6.43. The fourth-order valence-electron chi connectivity index (χ4n) is 3.75. The Balaban J connectivity index is 1.78. The van der Waals surface area contributed by atoms with Gasteiger partial charge < -0.3 is 30.3 Å². The summed E-state index contributed by atoms with van der Waals surface area (Å²) in [5.74, 6) is -1.14. The lowest BCUT2D eigenvalue weighted by molar-refractivity contribution is -0.123. The van der Waals surface area contributed by atoms with Gasteiger partial charge in [-0.2, -0.15) is 0 Å². The fourth-order valence-corrected chi connectivity index (χ4v) is 3.75. The summed E-state index contributed by atoms with van der Waals surface area (Å²) in [7, 11) is -1.69. The number of nitrogens with zero attached hydrogens (tertiary/aromatic N) is 2. The van der Waals surface area contributed by atoms with Crippen LogP contribution in [0.4, 0.5) is 4.79 Å². The summed E-state index contributed by atoms with van der Waals surface area (Å²) in [6, 6.07) is 8.25. The van der Waals surface area contributed by atoms with Gasteiger partial charge in [-0.05, 0) is 36.1 Å². The highest BCUT2D eigenvalue weighted by Gasteiger charge is 2.31. The number of morpholine rings is 1. The van der Waals surface area contributed by atoms with Crippen molar-refractivity contribution in [1.29, 1.82) is 0 Å². The van der Waals surface area contributed by atoms with E-state index in [1.54, 1.807) is 11.1 Å². The van der Waals surface area contributed by atoms with Gasteiger partial charge in [-0.25, -0.2) is 4.79 Å². The number of hydrogen-bond acceptors (Lipinski definition) is 6. The van der Waals surface area contributed by atoms with Gasteiger partial charge in [0.15, 0.2) is 0 Å². The Bertz CT molecular complexity index is 920. The number of hydrogen-bond donors (Lipinski definition) is 4. The van der Waals surface area contributed by atoms with Crippen LogP contribution in [0.5, 0.6) is 0 Å². The molecule has 2 aromatic rings. The Kier molecular flexibility index (Phi) is 8.43. The predicted molar refractivity (Wildman–Crippen MR) is 122 cm³/mol. The van der Waals surface area contributed by atoms with Crippen molar-refractivity contribution in [2.45, 2.75) is 38.7 Å². The van der Waals surface area contributed by atoms with Gasteiger partial charge in [0.25, 0.3) is 0 Å². The lowest BCUT2D eigenvalue weighted by Gasteiger charge is -2.30. The highest BCUT2D eigenvalue weighted by atomic mass is 16.5. The molecular weight excluding hydrogens is 411 g/mol. The lowest BCUT2D eigenvalue weighted by atomic mass is 9.75. The van der Waals surface area contributed by atoms with Crippen LogP contribution in [0.25, 0.3) is 10.9 Å². The average molecular weight is 442 g/mol. The van der Waals surface area contributed by atoms with Crippen molar-refractivity contribution < 1.29 is 24.4 Å². The van der Waals surface area contributed by atoms with Crippen molar-refractivity contribution in [3.8, 4) is 0 Å². The van der Waals surface area contributed by atoms with Crippen LogP contribution in [-0.2, 0) is 16.0 Å². The smallest absolute Gasteiger partial charge is 0.426 e. The molecule has 4 N–H and O–H groups in total. The quantitative estimate of drug-likeness (QED) is 0.447. The third-order valence-corrected chi connectivity index (χ3v) is 5.43. The van der Waals surface area contributed by atoms with Crippen molar-refractivity contribution in [2.75, 3.05) is 26.3 Å². The number of carbonyl (C=O) groups is 2. The number of amides is 3. The average Bonchev–Trinajstić information content (AvgIpc) is 2.78. The highest BCUT2D eigenvalue weighted by Crippen LogP contribution is 2.15. The molecular formula is C22H31BN4O5. The van der Waals surface area contributed by atoms with Crippen molar-refractivity contribution in [2.24, 2.45) is 5.92 Å². The zero-order valence-electron chi connectivity index (χ0n) is 18.5. The standard InChI is InChI=1S/C22H31BN4O5/c1-15(2)12-20(23(30)31)26-21(28)19(25-22(29)27-8-10-32-11-9-27)14-16-5-6-18-17(13-16)4-3-7-24-18/h3-7,13,15,19-20,30-31H,8-12,14H2,1-2H3,(H,25,29)(H,26,28)/t19-,20-/m0/s1. The van der Waals surface area contributed by atoms with Gasteiger partial charge in [0.2, 0.25) is 5.91 Å². The van der Waals surface area contributed by atoms with Crippen molar-refractivity contribution in [1.82, 2.24) is 20.5 Å². The molecule has 2 heterocycles. The molecule has 3 rings (SSSR count). The largest absolute Gasteiger partial charge is 0.475 e. The molecule has 172 valence electrons. The van der Waals surface area contributed by atoms with Crippen molar-refractivity contribution in [3.63, 3.8) is 0 Å². The number of pyridine rings is 1. The second-order valence-corrected chi connectivity index (χ2v) is 8.49. The second kappa shape index (κ2) is 11.3. The van der Waals surface area contributed by atoms with E-state index in [-0.39, 0.29) is 18.4 Å². The molecule has 9 nitrogen and oxygen atoms in total. The van der Waals surface area contributed by atoms with Crippen LogP contribution in [-0.4, -0.2) is 77.3 Å². The maximum atomic E-state index is 13.1. The van der Waals surface area contributed by atoms with E-state index in [1.807, 2.05) is 44.2 Å². The Labute approximate surface area is 188 Å². The van der Waals surface area contributed by atoms with E-state index in [0.717, 1.165) is 16.5 Å². The molecule has 1 aromatic carbocycles. The molecule has 0 aliphatic carbocycles. The Morgan fingerprint density at radius 1 is 1.19 bits per heavy atom. The maximum Gasteiger partial charge on any atom is 0.475 e. The van der Waals surface area contributed by atoms with Gasteiger partial charge in [-0.3, -0.25) is 9.78 Å². The molecule has 1 aliphatic heterocycles. The number of nitrogens with one attached hydrogen (secondary N) is 2. The van der Waals surface area contributed by atoms with Gasteiger partial charge in [0.05, 0.1) is 24.7 Å². The van der Waals surface area contributed by atoms with E-state index in [4.69, 9.17) is 4.74 Å². The number of urea groups is 1. The zero-order valence-corrected chi connectivity index (χ0v) is 18.5. The number of rotatable bonds is 8. The first-order valence-electron chi connectivity index (χ1n) is 11.0. The SMILES string of the molecule is CC(C)C[C@H](NC(=O)[C@H](Cc1ccc2ncccc2c1)NC(=O)N1CCOCC1)B(O)O. The van der Waals surface area contributed by atoms with Crippen LogP contribution in [0.15, 0.2) is 36.5 Å². The van der Waals surface area contributed by atoms with E-state index in [9.17, 15) is 19.6 Å². The normalized spacial score (nSPS) is 16.0. The van der Waals surface area contributed by atoms with E-state index in [1.165, 1.54) is 0 Å². The van der Waals surface area contributed by atoms with E-state index in [0.29, 0.717) is 32.7 Å². The Morgan fingerprint density at radius 2 is 1.94 bits per heavy atom. The van der Waals surface area contributed by atoms with E-state index < -0.39 is 25.0 Å². The number of ether oxygens (including phenoxy) is 1. The third kappa shape index (κ3) is 6.65. The zero-order chi connectivity index (χ0) is 23.1. The van der Waals surface area contributed by atoms with Crippen molar-refractivity contribution >= 4 is 30.0 Å². The van der Waals surface area contributed by atoms with Crippen LogP contribution in [0.2, 0.25) is 0 Å². The first-order chi connectivity index (χ1) is 15.3. The number of aromatic nitrogens is 1. The number of benzene rings is 1. The second-order valence-electron chi connectivity index (χ2n) is 8.49. The predicted octanol–water partition coefficient (Wildman–Crippen LogP) is 0.731. The van der Waals surface area contributed by atoms with Crippen LogP contribution in [0, 0.1) is 5.92 Å². The minimum Gasteiger partial charge on any atom is -0.426 e. The number of fused-ring (bicyclic) bond motifs is 1. The molecule has 10 heteroatoms. The van der Waals surface area contributed by atoms with Gasteiger partial charge >= 0.3 is 13.1 Å². The van der Waals surface area contributed by atoms with Gasteiger partial charge in [0.1, 0.15) is 6.04 Å². The minimum atomic E-state index is -1.69. The molecule has 0 spiro atoms. The summed E-state index contributed by atoms with van der Waals surface area (Å²) in [6.07, 6.45) is 2.37. The Hall–Kier alpha value is -2.69. The summed E-state index contributed by atoms with van der Waals surface area (Å²) in [5, 5.41) is 25.9. The van der Waals surface area contributed by atoms with Gasteiger partial charge in [0, 0.05) is 31.1 Å². The monoisotopic (exact) mass is 442 g/mol. The Morgan fingerprint density at radius 3 is 2.62 bits per heavy atom. The summed E-state index contributed by atoms with van der Waals surface area (Å²) >= 11 is 0. The fraction of sp³-hybridized carbons (Fsp3) is 0.500. The van der Waals surface area contributed by atoms with Gasteiger partial charge in [-0.15, -0.1) is 0 Å².